The SMILES string of the molecule is O=C(/C=C/CN1CCOCC1)N1CCC[C@@H](Nc2cc(-c3ccncc3)c[nH]c2=O)C1. The van der Waals surface area contributed by atoms with Gasteiger partial charge in [-0.15, -0.1) is 0 Å². The van der Waals surface area contributed by atoms with Crippen LogP contribution in [0.4, 0.5) is 5.69 Å². The molecule has 1 atom stereocenters. The summed E-state index contributed by atoms with van der Waals surface area (Å²) in [5.41, 5.74) is 2.27. The molecular formula is C23H29N5O3. The number of nitrogens with zero attached hydrogens (tertiary/aromatic N) is 3. The van der Waals surface area contributed by atoms with Gasteiger partial charge in [0.05, 0.1) is 13.2 Å². The molecule has 8 nitrogen and oxygen atoms in total. The molecule has 0 spiro atoms. The lowest BCUT2D eigenvalue weighted by atomic mass is 10.0. The summed E-state index contributed by atoms with van der Waals surface area (Å²) in [5.74, 6) is 0.0270. The Kier molecular flexibility index (Phi) is 7.11. The fourth-order valence-corrected chi connectivity index (χ4v) is 4.01. The van der Waals surface area contributed by atoms with Crippen LogP contribution >= 0.6 is 0 Å². The van der Waals surface area contributed by atoms with Gasteiger partial charge < -0.3 is 19.9 Å². The first-order valence-electron chi connectivity index (χ1n) is 10.8. The molecule has 4 heterocycles. The van der Waals surface area contributed by atoms with E-state index in [0.717, 1.165) is 63.4 Å². The van der Waals surface area contributed by atoms with E-state index in [1.165, 1.54) is 0 Å². The number of nitrogens with one attached hydrogen (secondary N) is 2. The summed E-state index contributed by atoms with van der Waals surface area (Å²) in [6.07, 6.45) is 10.6. The van der Waals surface area contributed by atoms with Crippen LogP contribution in [-0.4, -0.2) is 77.7 Å². The molecule has 4 rings (SSSR count). The molecule has 0 saturated carbocycles. The monoisotopic (exact) mass is 423 g/mol. The fourth-order valence-electron chi connectivity index (χ4n) is 4.01. The maximum absolute atomic E-state index is 12.6. The summed E-state index contributed by atoms with van der Waals surface area (Å²) in [4.78, 5) is 36.0. The third kappa shape index (κ3) is 5.80. The van der Waals surface area contributed by atoms with Crippen LogP contribution in [0, 0.1) is 0 Å². The number of carbonyl (C=O) groups is 1. The Morgan fingerprint density at radius 2 is 2.03 bits per heavy atom. The second-order valence-electron chi connectivity index (χ2n) is 7.95. The number of morpholine rings is 1. The van der Waals surface area contributed by atoms with Crippen molar-refractivity contribution < 1.29 is 9.53 Å². The number of piperidine rings is 1. The molecule has 0 unspecified atom stereocenters. The molecule has 8 heteroatoms. The van der Waals surface area contributed by atoms with Crippen LogP contribution in [0.25, 0.3) is 11.1 Å². The number of hydrogen-bond donors (Lipinski definition) is 2. The number of amides is 1. The van der Waals surface area contributed by atoms with Crippen LogP contribution < -0.4 is 10.9 Å². The molecule has 2 saturated heterocycles. The first-order valence-corrected chi connectivity index (χ1v) is 10.8. The minimum atomic E-state index is -0.160. The van der Waals surface area contributed by atoms with Crippen LogP contribution in [-0.2, 0) is 9.53 Å². The Labute approximate surface area is 181 Å². The van der Waals surface area contributed by atoms with E-state index in [0.29, 0.717) is 12.2 Å². The van der Waals surface area contributed by atoms with Gasteiger partial charge in [0.2, 0.25) is 5.91 Å². The zero-order chi connectivity index (χ0) is 21.5. The molecule has 2 fully saturated rings. The third-order valence-corrected chi connectivity index (χ3v) is 5.74. The second-order valence-corrected chi connectivity index (χ2v) is 7.95. The second kappa shape index (κ2) is 10.4. The summed E-state index contributed by atoms with van der Waals surface area (Å²) in [6.45, 7) is 5.40. The molecule has 1 amide bonds. The van der Waals surface area contributed by atoms with E-state index in [4.69, 9.17) is 4.74 Å². The molecule has 164 valence electrons. The Hall–Kier alpha value is -2.97. The van der Waals surface area contributed by atoms with Gasteiger partial charge in [0.25, 0.3) is 5.56 Å². The molecule has 2 aliphatic heterocycles. The Morgan fingerprint density at radius 1 is 1.23 bits per heavy atom. The van der Waals surface area contributed by atoms with Crippen molar-refractivity contribution in [2.24, 2.45) is 0 Å². The standard InChI is InChI=1S/C23H29N5O3/c29-22(4-2-9-27-11-13-31-14-12-27)28-10-1-3-20(17-28)26-21-15-19(16-25-23(21)30)18-5-7-24-8-6-18/h2,4-8,15-16,20,26H,1,3,9-14,17H2,(H,25,30)/b4-2+/t20-/m1/s1. The van der Waals surface area contributed by atoms with Crippen molar-refractivity contribution in [1.82, 2.24) is 19.8 Å². The summed E-state index contributed by atoms with van der Waals surface area (Å²) >= 11 is 0. The number of hydrogen-bond acceptors (Lipinski definition) is 6. The van der Waals surface area contributed by atoms with E-state index in [-0.39, 0.29) is 17.5 Å². The summed E-state index contributed by atoms with van der Waals surface area (Å²) in [5, 5.41) is 3.35. The minimum Gasteiger partial charge on any atom is -0.379 e. The van der Waals surface area contributed by atoms with Gasteiger partial charge in [-0.05, 0) is 36.6 Å². The number of H-pyrrole nitrogens is 1. The number of rotatable bonds is 6. The van der Waals surface area contributed by atoms with Gasteiger partial charge in [-0.25, -0.2) is 0 Å². The number of pyridine rings is 2. The van der Waals surface area contributed by atoms with Crippen LogP contribution in [0.5, 0.6) is 0 Å². The van der Waals surface area contributed by atoms with Crippen molar-refractivity contribution in [2.45, 2.75) is 18.9 Å². The Balaban J connectivity index is 1.35. The predicted molar refractivity (Wildman–Crippen MR) is 120 cm³/mol. The average Bonchev–Trinajstić information content (AvgIpc) is 2.82. The van der Waals surface area contributed by atoms with E-state index in [2.05, 4.69) is 20.2 Å². The van der Waals surface area contributed by atoms with Gasteiger partial charge in [0.15, 0.2) is 0 Å². The summed E-state index contributed by atoms with van der Waals surface area (Å²) < 4.78 is 5.35. The molecule has 0 aliphatic carbocycles. The van der Waals surface area contributed by atoms with Gasteiger partial charge in [-0.2, -0.15) is 0 Å². The van der Waals surface area contributed by atoms with Gasteiger partial charge in [-0.1, -0.05) is 6.08 Å². The number of ether oxygens (including phenoxy) is 1. The predicted octanol–water partition coefficient (Wildman–Crippen LogP) is 1.73. The summed E-state index contributed by atoms with van der Waals surface area (Å²) in [6, 6.07) is 5.71. The van der Waals surface area contributed by atoms with Crippen molar-refractivity contribution in [3.8, 4) is 11.1 Å². The average molecular weight is 424 g/mol. The van der Waals surface area contributed by atoms with E-state index in [9.17, 15) is 9.59 Å². The first kappa shape index (κ1) is 21.3. The van der Waals surface area contributed by atoms with Gasteiger partial charge >= 0.3 is 0 Å². The van der Waals surface area contributed by atoms with Crippen molar-refractivity contribution in [3.05, 3.63) is 59.3 Å². The van der Waals surface area contributed by atoms with E-state index in [1.807, 2.05) is 29.2 Å². The zero-order valence-electron chi connectivity index (χ0n) is 17.6. The molecule has 2 aromatic rings. The van der Waals surface area contributed by atoms with Crippen molar-refractivity contribution in [2.75, 3.05) is 51.3 Å². The number of aromatic nitrogens is 2. The molecule has 0 aromatic carbocycles. The highest BCUT2D eigenvalue weighted by molar-refractivity contribution is 5.87. The lowest BCUT2D eigenvalue weighted by molar-refractivity contribution is -0.127. The Morgan fingerprint density at radius 3 is 2.84 bits per heavy atom. The lowest BCUT2D eigenvalue weighted by Crippen LogP contribution is -2.45. The number of carbonyl (C=O) groups excluding carboxylic acids is 1. The molecule has 2 aliphatic rings. The molecule has 2 aromatic heterocycles. The minimum absolute atomic E-state index is 0.0270. The zero-order valence-corrected chi connectivity index (χ0v) is 17.6. The smallest absolute Gasteiger partial charge is 0.271 e. The maximum atomic E-state index is 12.6. The number of anilines is 1. The van der Waals surface area contributed by atoms with E-state index in [1.54, 1.807) is 24.7 Å². The lowest BCUT2D eigenvalue weighted by Gasteiger charge is -2.33. The fraction of sp³-hybridized carbons (Fsp3) is 0.435. The first-order chi connectivity index (χ1) is 15.2. The normalized spacial score (nSPS) is 20.1. The highest BCUT2D eigenvalue weighted by Crippen LogP contribution is 2.20. The maximum Gasteiger partial charge on any atom is 0.271 e. The third-order valence-electron chi connectivity index (χ3n) is 5.74. The van der Waals surface area contributed by atoms with Crippen molar-refractivity contribution >= 4 is 11.6 Å². The van der Waals surface area contributed by atoms with Gasteiger partial charge in [-0.3, -0.25) is 19.5 Å². The quantitative estimate of drug-likeness (QED) is 0.688. The van der Waals surface area contributed by atoms with E-state index >= 15 is 0 Å². The molecular weight excluding hydrogens is 394 g/mol. The van der Waals surface area contributed by atoms with Crippen molar-refractivity contribution in [1.29, 1.82) is 0 Å². The van der Waals surface area contributed by atoms with Gasteiger partial charge in [0.1, 0.15) is 5.69 Å². The molecule has 0 radical (unpaired) electrons. The topological polar surface area (TPSA) is 90.6 Å². The highest BCUT2D eigenvalue weighted by Gasteiger charge is 2.23. The molecule has 2 N–H and O–H groups in total. The van der Waals surface area contributed by atoms with Crippen LogP contribution in [0.2, 0.25) is 0 Å². The summed E-state index contributed by atoms with van der Waals surface area (Å²) in [7, 11) is 0. The molecule has 31 heavy (non-hydrogen) atoms. The number of aromatic amines is 1. The number of likely N-dealkylation sites (tertiary alicyclic amines) is 1. The van der Waals surface area contributed by atoms with E-state index < -0.39 is 0 Å². The van der Waals surface area contributed by atoms with Gasteiger partial charge in [0, 0.05) is 69.0 Å². The molecule has 0 bridgehead atoms. The van der Waals surface area contributed by atoms with Crippen LogP contribution in [0.1, 0.15) is 12.8 Å². The highest BCUT2D eigenvalue weighted by atomic mass is 16.5. The van der Waals surface area contributed by atoms with Crippen molar-refractivity contribution in [3.63, 3.8) is 0 Å². The van der Waals surface area contributed by atoms with Crippen LogP contribution in [0.3, 0.4) is 0 Å². The largest absolute Gasteiger partial charge is 0.379 e. The Bertz CT molecular complexity index is 953. The van der Waals surface area contributed by atoms with Crippen LogP contribution in [0.15, 0.2) is 53.7 Å².